The molecular formula is C24H17F6NO3. The van der Waals surface area contributed by atoms with Crippen molar-refractivity contribution in [3.8, 4) is 11.1 Å². The maximum Gasteiger partial charge on any atom is 0.416 e. The van der Waals surface area contributed by atoms with E-state index in [-0.39, 0.29) is 24.6 Å². The van der Waals surface area contributed by atoms with E-state index in [2.05, 4.69) is 0 Å². The number of halogens is 6. The fraction of sp³-hybridized carbons (Fsp3) is 0.167. The summed E-state index contributed by atoms with van der Waals surface area (Å²) in [4.78, 5) is 24.1. The summed E-state index contributed by atoms with van der Waals surface area (Å²) in [5, 5.41) is 11.5. The molecule has 0 radical (unpaired) electrons. The van der Waals surface area contributed by atoms with Crippen LogP contribution in [0.15, 0.2) is 72.8 Å². The number of carbonyl (C=O) groups is 2. The number of alkyl halides is 6. The van der Waals surface area contributed by atoms with E-state index in [9.17, 15) is 41.0 Å². The summed E-state index contributed by atoms with van der Waals surface area (Å²) >= 11 is 0. The maximum absolute atomic E-state index is 13.0. The van der Waals surface area contributed by atoms with Crippen molar-refractivity contribution in [2.45, 2.75) is 24.8 Å². The Morgan fingerprint density at radius 3 is 1.74 bits per heavy atom. The molecule has 2 N–H and O–H groups in total. The van der Waals surface area contributed by atoms with Crippen molar-refractivity contribution in [3.63, 3.8) is 0 Å². The quantitative estimate of drug-likeness (QED) is 0.437. The van der Waals surface area contributed by atoms with Crippen molar-refractivity contribution >= 4 is 11.9 Å². The SMILES string of the molecule is O=C(N[C@H](Cc1ccc(-c2ccccc2)cc1)C(=O)O)c1cc(C(F)(F)F)cc(C(F)(F)F)c1. The fourth-order valence-corrected chi connectivity index (χ4v) is 3.23. The van der Waals surface area contributed by atoms with E-state index >= 15 is 0 Å². The summed E-state index contributed by atoms with van der Waals surface area (Å²) in [6, 6.07) is 14.8. The van der Waals surface area contributed by atoms with Crippen LogP contribution in [-0.4, -0.2) is 23.0 Å². The standard InChI is InChI=1S/C24H17F6NO3/c25-23(26,27)18-11-17(12-19(13-18)24(28,29)30)21(32)31-20(22(33)34)10-14-6-8-16(9-7-14)15-4-2-1-3-5-15/h1-9,11-13,20H,10H2,(H,31,32)(H,33,34)/t20-/m1/s1. The predicted molar refractivity (Wildman–Crippen MR) is 111 cm³/mol. The van der Waals surface area contributed by atoms with Crippen LogP contribution in [0.5, 0.6) is 0 Å². The summed E-state index contributed by atoms with van der Waals surface area (Å²) in [5.41, 5.74) is -2.03. The lowest BCUT2D eigenvalue weighted by atomic mass is 10.00. The highest BCUT2D eigenvalue weighted by Gasteiger charge is 2.37. The molecule has 0 heterocycles. The van der Waals surface area contributed by atoms with E-state index in [4.69, 9.17) is 0 Å². The highest BCUT2D eigenvalue weighted by atomic mass is 19.4. The van der Waals surface area contributed by atoms with Crippen LogP contribution >= 0.6 is 0 Å². The number of nitrogens with one attached hydrogen (secondary N) is 1. The second kappa shape index (κ2) is 9.58. The Balaban J connectivity index is 1.82. The van der Waals surface area contributed by atoms with Gasteiger partial charge >= 0.3 is 18.3 Å². The maximum atomic E-state index is 13.0. The summed E-state index contributed by atoms with van der Waals surface area (Å²) in [5.74, 6) is -2.87. The molecule has 34 heavy (non-hydrogen) atoms. The monoisotopic (exact) mass is 481 g/mol. The highest BCUT2D eigenvalue weighted by Crippen LogP contribution is 2.36. The molecule has 3 aromatic rings. The lowest BCUT2D eigenvalue weighted by Crippen LogP contribution is -2.42. The molecule has 0 aliphatic heterocycles. The molecule has 0 unspecified atom stereocenters. The lowest BCUT2D eigenvalue weighted by molar-refractivity contribution is -0.143. The zero-order valence-corrected chi connectivity index (χ0v) is 17.2. The Bertz CT molecular complexity index is 1140. The van der Waals surface area contributed by atoms with Crippen LogP contribution in [0, 0.1) is 0 Å². The molecule has 0 saturated carbocycles. The Labute approximate surface area is 189 Å². The van der Waals surface area contributed by atoms with Gasteiger partial charge in [0, 0.05) is 12.0 Å². The van der Waals surface area contributed by atoms with E-state index in [0.29, 0.717) is 5.56 Å². The van der Waals surface area contributed by atoms with Gasteiger partial charge < -0.3 is 10.4 Å². The van der Waals surface area contributed by atoms with Gasteiger partial charge in [-0.25, -0.2) is 4.79 Å². The van der Waals surface area contributed by atoms with Gasteiger partial charge in [-0.05, 0) is 34.9 Å². The summed E-state index contributed by atoms with van der Waals surface area (Å²) < 4.78 is 78.2. The molecule has 0 fully saturated rings. The van der Waals surface area contributed by atoms with Gasteiger partial charge in [-0.15, -0.1) is 0 Å². The minimum atomic E-state index is -5.14. The molecule has 3 rings (SSSR count). The van der Waals surface area contributed by atoms with Gasteiger partial charge in [0.2, 0.25) is 0 Å². The van der Waals surface area contributed by atoms with Crippen LogP contribution in [0.1, 0.15) is 27.0 Å². The fourth-order valence-electron chi connectivity index (χ4n) is 3.23. The van der Waals surface area contributed by atoms with E-state index < -0.39 is 47.0 Å². The molecule has 0 saturated heterocycles. The Kier molecular flexibility index (Phi) is 6.99. The second-order valence-electron chi connectivity index (χ2n) is 7.43. The first kappa shape index (κ1) is 24.8. The van der Waals surface area contributed by atoms with Gasteiger partial charge in [-0.1, -0.05) is 54.6 Å². The van der Waals surface area contributed by atoms with Crippen molar-refractivity contribution in [1.82, 2.24) is 5.32 Å². The van der Waals surface area contributed by atoms with Crippen molar-refractivity contribution in [1.29, 1.82) is 0 Å². The second-order valence-corrected chi connectivity index (χ2v) is 7.43. The predicted octanol–water partition coefficient (Wildman–Crippen LogP) is 5.82. The number of carboxylic acid groups (broad SMARTS) is 1. The Morgan fingerprint density at radius 1 is 0.765 bits per heavy atom. The molecule has 178 valence electrons. The first-order valence-electron chi connectivity index (χ1n) is 9.82. The zero-order valence-electron chi connectivity index (χ0n) is 17.2. The van der Waals surface area contributed by atoms with Crippen LogP contribution in [0.4, 0.5) is 26.3 Å². The van der Waals surface area contributed by atoms with Crippen molar-refractivity contribution in [2.24, 2.45) is 0 Å². The third-order valence-electron chi connectivity index (χ3n) is 4.95. The summed E-state index contributed by atoms with van der Waals surface area (Å²) in [6.07, 6.45) is -10.5. The van der Waals surface area contributed by atoms with Gasteiger partial charge in [0.25, 0.3) is 5.91 Å². The van der Waals surface area contributed by atoms with Crippen LogP contribution in [0.3, 0.4) is 0 Å². The number of carboxylic acids is 1. The van der Waals surface area contributed by atoms with E-state index in [0.717, 1.165) is 11.1 Å². The highest BCUT2D eigenvalue weighted by molar-refractivity contribution is 5.97. The van der Waals surface area contributed by atoms with Gasteiger partial charge in [0.05, 0.1) is 11.1 Å². The van der Waals surface area contributed by atoms with Gasteiger partial charge in [0.15, 0.2) is 0 Å². The molecular weight excluding hydrogens is 464 g/mol. The molecule has 0 bridgehead atoms. The smallest absolute Gasteiger partial charge is 0.416 e. The Morgan fingerprint density at radius 2 is 1.26 bits per heavy atom. The third-order valence-corrected chi connectivity index (χ3v) is 4.95. The van der Waals surface area contributed by atoms with E-state index in [1.54, 1.807) is 24.3 Å². The number of amides is 1. The molecule has 10 heteroatoms. The van der Waals surface area contributed by atoms with E-state index in [1.807, 2.05) is 35.6 Å². The van der Waals surface area contributed by atoms with Crippen LogP contribution in [-0.2, 0) is 23.6 Å². The van der Waals surface area contributed by atoms with E-state index in [1.165, 1.54) is 0 Å². The molecule has 0 aliphatic carbocycles. The zero-order chi connectivity index (χ0) is 25.1. The molecule has 0 aromatic heterocycles. The summed E-state index contributed by atoms with van der Waals surface area (Å²) in [6.45, 7) is 0. The largest absolute Gasteiger partial charge is 0.480 e. The van der Waals surface area contributed by atoms with Crippen molar-refractivity contribution < 1.29 is 41.0 Å². The topological polar surface area (TPSA) is 66.4 Å². The first-order chi connectivity index (χ1) is 15.8. The molecule has 1 amide bonds. The van der Waals surface area contributed by atoms with Crippen LogP contribution in [0.2, 0.25) is 0 Å². The van der Waals surface area contributed by atoms with Crippen molar-refractivity contribution in [3.05, 3.63) is 95.1 Å². The molecule has 4 nitrogen and oxygen atoms in total. The lowest BCUT2D eigenvalue weighted by Gasteiger charge is -2.17. The number of rotatable bonds is 6. The number of aliphatic carboxylic acids is 1. The first-order valence-corrected chi connectivity index (χ1v) is 9.82. The number of benzene rings is 3. The molecule has 0 aliphatic rings. The molecule has 3 aromatic carbocycles. The van der Waals surface area contributed by atoms with Gasteiger partial charge in [-0.2, -0.15) is 26.3 Å². The average Bonchev–Trinajstić information content (AvgIpc) is 2.78. The number of hydrogen-bond donors (Lipinski definition) is 2. The van der Waals surface area contributed by atoms with Crippen LogP contribution in [0.25, 0.3) is 11.1 Å². The molecule has 1 atom stereocenters. The number of carbonyl (C=O) groups excluding carboxylic acids is 1. The molecule has 0 spiro atoms. The Hall–Kier alpha value is -3.82. The third kappa shape index (κ3) is 6.15. The van der Waals surface area contributed by atoms with Crippen molar-refractivity contribution in [2.75, 3.05) is 0 Å². The van der Waals surface area contributed by atoms with Crippen LogP contribution < -0.4 is 5.32 Å². The minimum Gasteiger partial charge on any atom is -0.480 e. The summed E-state index contributed by atoms with van der Waals surface area (Å²) in [7, 11) is 0. The van der Waals surface area contributed by atoms with Gasteiger partial charge in [-0.3, -0.25) is 4.79 Å². The minimum absolute atomic E-state index is 0.111. The average molecular weight is 481 g/mol. The van der Waals surface area contributed by atoms with Gasteiger partial charge in [0.1, 0.15) is 6.04 Å². The normalized spacial score (nSPS) is 12.8. The number of hydrogen-bond acceptors (Lipinski definition) is 2.